The lowest BCUT2D eigenvalue weighted by Gasteiger charge is -2.10. The molecule has 0 saturated heterocycles. The molecule has 10 heteroatoms. The highest BCUT2D eigenvalue weighted by molar-refractivity contribution is 7.71. The fourth-order valence-electron chi connectivity index (χ4n) is 1.68. The molecule has 0 atom stereocenters. The Labute approximate surface area is 133 Å². The topological polar surface area (TPSA) is 62.7 Å². The second-order valence-corrected chi connectivity index (χ2v) is 5.16. The van der Waals surface area contributed by atoms with Gasteiger partial charge < -0.3 is 5.32 Å². The molecule has 0 bridgehead atoms. The van der Waals surface area contributed by atoms with E-state index < -0.39 is 18.6 Å². The molecule has 0 fully saturated rings. The maximum absolute atomic E-state index is 12.1. The minimum Gasteiger partial charge on any atom is -0.345 e. The van der Waals surface area contributed by atoms with Crippen LogP contribution in [0.4, 0.5) is 13.2 Å². The number of alkyl halides is 3. The molecule has 0 spiro atoms. The highest BCUT2D eigenvalue weighted by atomic mass is 35.5. The van der Waals surface area contributed by atoms with Gasteiger partial charge in [0.2, 0.25) is 5.91 Å². The summed E-state index contributed by atoms with van der Waals surface area (Å²) in [5.74, 6) is -0.478. The van der Waals surface area contributed by atoms with E-state index in [4.69, 9.17) is 23.8 Å². The van der Waals surface area contributed by atoms with Crippen molar-refractivity contribution in [2.75, 3.05) is 6.54 Å². The molecule has 2 aromatic rings. The van der Waals surface area contributed by atoms with Crippen molar-refractivity contribution in [1.82, 2.24) is 20.1 Å². The fourth-order valence-corrected chi connectivity index (χ4v) is 2.00. The Morgan fingerprint density at radius 3 is 2.59 bits per heavy atom. The Hall–Kier alpha value is -1.87. The largest absolute Gasteiger partial charge is 0.405 e. The number of nitrogens with zero attached hydrogens (tertiary/aromatic N) is 2. The van der Waals surface area contributed by atoms with Crippen molar-refractivity contribution in [3.63, 3.8) is 0 Å². The smallest absolute Gasteiger partial charge is 0.345 e. The molecule has 0 unspecified atom stereocenters. The van der Waals surface area contributed by atoms with E-state index in [0.717, 1.165) is 0 Å². The van der Waals surface area contributed by atoms with Gasteiger partial charge in [-0.05, 0) is 36.5 Å². The van der Waals surface area contributed by atoms with Gasteiger partial charge in [0.05, 0.1) is 0 Å². The first kappa shape index (κ1) is 16.5. The summed E-state index contributed by atoms with van der Waals surface area (Å²) < 4.78 is 37.7. The van der Waals surface area contributed by atoms with E-state index in [9.17, 15) is 18.0 Å². The van der Waals surface area contributed by atoms with Crippen molar-refractivity contribution in [2.24, 2.45) is 0 Å². The number of nitrogens with one attached hydrogen (secondary N) is 2. The van der Waals surface area contributed by atoms with Crippen LogP contribution in [0, 0.1) is 4.77 Å². The third-order valence-electron chi connectivity index (χ3n) is 2.65. The van der Waals surface area contributed by atoms with Crippen LogP contribution in [-0.4, -0.2) is 33.4 Å². The summed E-state index contributed by atoms with van der Waals surface area (Å²) in [6.45, 7) is -1.77. The zero-order valence-electron chi connectivity index (χ0n) is 10.9. The summed E-state index contributed by atoms with van der Waals surface area (Å²) in [6, 6.07) is 6.58. The number of carbonyl (C=O) groups excluding carboxylic acids is 1. The molecular weight excluding hydrogens is 341 g/mol. The first-order valence-corrected chi connectivity index (χ1v) is 6.79. The SMILES string of the molecule is O=C(Cn1c(-c2ccc(Cl)cc2)n[nH]c1=S)NCC(F)(F)F. The Balaban J connectivity index is 2.18. The van der Waals surface area contributed by atoms with Gasteiger partial charge in [-0.1, -0.05) is 11.6 Å². The van der Waals surface area contributed by atoms with Crippen LogP contribution in [0.2, 0.25) is 5.02 Å². The molecule has 22 heavy (non-hydrogen) atoms. The predicted molar refractivity (Wildman–Crippen MR) is 76.9 cm³/mol. The number of hydrogen-bond acceptors (Lipinski definition) is 3. The summed E-state index contributed by atoms with van der Waals surface area (Å²) in [6.07, 6.45) is -4.47. The third-order valence-corrected chi connectivity index (χ3v) is 3.21. The molecule has 1 amide bonds. The lowest BCUT2D eigenvalue weighted by Crippen LogP contribution is -2.35. The van der Waals surface area contributed by atoms with Crippen LogP contribution in [-0.2, 0) is 11.3 Å². The third kappa shape index (κ3) is 4.31. The van der Waals surface area contributed by atoms with Crippen molar-refractivity contribution >= 4 is 29.7 Å². The molecule has 5 nitrogen and oxygen atoms in total. The van der Waals surface area contributed by atoms with Gasteiger partial charge in [-0.25, -0.2) is 0 Å². The van der Waals surface area contributed by atoms with E-state index in [0.29, 0.717) is 16.4 Å². The quantitative estimate of drug-likeness (QED) is 0.833. The first-order valence-electron chi connectivity index (χ1n) is 6.01. The van der Waals surface area contributed by atoms with Gasteiger partial charge in [-0.2, -0.15) is 18.3 Å². The van der Waals surface area contributed by atoms with Gasteiger partial charge in [0.15, 0.2) is 10.6 Å². The monoisotopic (exact) mass is 350 g/mol. The highest BCUT2D eigenvalue weighted by Gasteiger charge is 2.27. The molecule has 0 aliphatic heterocycles. The second kappa shape index (κ2) is 6.49. The van der Waals surface area contributed by atoms with Gasteiger partial charge >= 0.3 is 6.18 Å². The number of hydrogen-bond donors (Lipinski definition) is 2. The summed E-state index contributed by atoms with van der Waals surface area (Å²) in [4.78, 5) is 11.6. The molecule has 1 aromatic heterocycles. The van der Waals surface area contributed by atoms with E-state index in [1.807, 2.05) is 0 Å². The van der Waals surface area contributed by atoms with Crippen LogP contribution in [0.5, 0.6) is 0 Å². The van der Waals surface area contributed by atoms with Crippen molar-refractivity contribution in [3.8, 4) is 11.4 Å². The molecular formula is C12H10ClF3N4OS. The number of aromatic amines is 1. The van der Waals surface area contributed by atoms with Gasteiger partial charge in [0, 0.05) is 10.6 Å². The number of amides is 1. The Bertz CT molecular complexity index is 723. The second-order valence-electron chi connectivity index (χ2n) is 4.34. The maximum Gasteiger partial charge on any atom is 0.405 e. The normalized spacial score (nSPS) is 11.5. The molecule has 0 saturated carbocycles. The maximum atomic E-state index is 12.1. The van der Waals surface area contributed by atoms with Crippen molar-refractivity contribution < 1.29 is 18.0 Å². The zero-order valence-corrected chi connectivity index (χ0v) is 12.5. The van der Waals surface area contributed by atoms with E-state index >= 15 is 0 Å². The molecule has 0 radical (unpaired) electrons. The Morgan fingerprint density at radius 2 is 2.00 bits per heavy atom. The summed E-state index contributed by atoms with van der Waals surface area (Å²) >= 11 is 10.8. The number of rotatable bonds is 4. The molecule has 0 aliphatic rings. The molecule has 2 rings (SSSR count). The van der Waals surface area contributed by atoms with Crippen LogP contribution in [0.25, 0.3) is 11.4 Å². The number of carbonyl (C=O) groups is 1. The van der Waals surface area contributed by atoms with Crippen LogP contribution in [0.3, 0.4) is 0 Å². The molecule has 1 aromatic carbocycles. The highest BCUT2D eigenvalue weighted by Crippen LogP contribution is 2.20. The van der Waals surface area contributed by atoms with Gasteiger partial charge in [0.1, 0.15) is 13.1 Å². The minimum atomic E-state index is -4.47. The summed E-state index contributed by atoms with van der Waals surface area (Å²) in [7, 11) is 0. The standard InChI is InChI=1S/C12H10ClF3N4OS/c13-8-3-1-7(2-4-8)10-18-19-11(22)20(10)5-9(21)17-6-12(14,15)16/h1-4H,5-6H2,(H,17,21)(H,19,22). The number of halogens is 4. The fraction of sp³-hybridized carbons (Fsp3) is 0.250. The van der Waals surface area contributed by atoms with Crippen LogP contribution in [0.1, 0.15) is 0 Å². The Morgan fingerprint density at radius 1 is 1.36 bits per heavy atom. The summed E-state index contributed by atoms with van der Waals surface area (Å²) in [5, 5.41) is 8.79. The molecule has 2 N–H and O–H groups in total. The minimum absolute atomic E-state index is 0.132. The average molecular weight is 351 g/mol. The van der Waals surface area contributed by atoms with Crippen molar-refractivity contribution in [2.45, 2.75) is 12.7 Å². The lowest BCUT2D eigenvalue weighted by molar-refractivity contribution is -0.138. The van der Waals surface area contributed by atoms with E-state index in [-0.39, 0.29) is 11.3 Å². The molecule has 1 heterocycles. The average Bonchev–Trinajstić information content (AvgIpc) is 2.78. The zero-order chi connectivity index (χ0) is 16.3. The number of benzene rings is 1. The lowest BCUT2D eigenvalue weighted by atomic mass is 10.2. The van der Waals surface area contributed by atoms with Crippen molar-refractivity contribution in [3.05, 3.63) is 34.1 Å². The van der Waals surface area contributed by atoms with E-state index in [1.165, 1.54) is 4.57 Å². The summed E-state index contributed by atoms with van der Waals surface area (Å²) in [5.41, 5.74) is 0.625. The van der Waals surface area contributed by atoms with Crippen LogP contribution in [0.15, 0.2) is 24.3 Å². The Kier molecular flexibility index (Phi) is 4.87. The van der Waals surface area contributed by atoms with Gasteiger partial charge in [-0.15, -0.1) is 0 Å². The number of H-pyrrole nitrogens is 1. The van der Waals surface area contributed by atoms with Gasteiger partial charge in [0.25, 0.3) is 0 Å². The van der Waals surface area contributed by atoms with E-state index in [2.05, 4.69) is 10.2 Å². The first-order chi connectivity index (χ1) is 10.3. The van der Waals surface area contributed by atoms with Crippen LogP contribution >= 0.6 is 23.8 Å². The molecule has 118 valence electrons. The van der Waals surface area contributed by atoms with Gasteiger partial charge in [-0.3, -0.25) is 14.5 Å². The van der Waals surface area contributed by atoms with Crippen molar-refractivity contribution in [1.29, 1.82) is 0 Å². The number of aromatic nitrogens is 3. The molecule has 0 aliphatic carbocycles. The van der Waals surface area contributed by atoms with Crippen LogP contribution < -0.4 is 5.32 Å². The van der Waals surface area contributed by atoms with E-state index in [1.54, 1.807) is 29.6 Å². The predicted octanol–water partition coefficient (Wildman–Crippen LogP) is 2.94.